The summed E-state index contributed by atoms with van der Waals surface area (Å²) < 4.78 is 27.6. The zero-order valence-electron chi connectivity index (χ0n) is 22.1. The molecule has 0 aliphatic carbocycles. The van der Waals surface area contributed by atoms with Crippen LogP contribution in [0.1, 0.15) is 42.4 Å². The molecule has 208 valence electrons. The Morgan fingerprint density at radius 1 is 0.850 bits per heavy atom. The van der Waals surface area contributed by atoms with Crippen molar-refractivity contribution in [2.45, 2.75) is 38.6 Å². The lowest BCUT2D eigenvalue weighted by molar-refractivity contribution is -0.138. The van der Waals surface area contributed by atoms with Gasteiger partial charge < -0.3 is 24.3 Å². The van der Waals surface area contributed by atoms with Gasteiger partial charge in [0.15, 0.2) is 11.6 Å². The van der Waals surface area contributed by atoms with Gasteiger partial charge in [-0.2, -0.15) is 0 Å². The van der Waals surface area contributed by atoms with Crippen LogP contribution in [-0.4, -0.2) is 39.9 Å². The molecule has 0 fully saturated rings. The number of aliphatic carboxylic acids is 2. The van der Waals surface area contributed by atoms with Gasteiger partial charge in [-0.05, 0) is 66.6 Å². The fourth-order valence-electron chi connectivity index (χ4n) is 4.51. The van der Waals surface area contributed by atoms with E-state index >= 15 is 0 Å². The molecule has 3 aromatic carbocycles. The maximum Gasteiger partial charge on any atom is 0.323 e. The normalized spacial score (nSPS) is 11.2. The molecule has 0 aliphatic heterocycles. The summed E-state index contributed by atoms with van der Waals surface area (Å²) in [6.45, 7) is 0.715. The SMILES string of the molecule is O=C(O)CCCc1cn(CC(=O)O)c2c(/C=C/c3ccc(OCCCCOc4ccccc4)c(F)c3)cccc12. The Kier molecular flexibility index (Phi) is 9.93. The van der Waals surface area contributed by atoms with Crippen molar-refractivity contribution in [3.05, 3.63) is 95.4 Å². The third-order valence-electron chi connectivity index (χ3n) is 6.37. The van der Waals surface area contributed by atoms with Crippen molar-refractivity contribution >= 4 is 35.0 Å². The molecule has 0 spiro atoms. The average Bonchev–Trinajstić information content (AvgIpc) is 3.27. The first kappa shape index (κ1) is 28.4. The molecule has 7 nitrogen and oxygen atoms in total. The number of nitrogens with zero attached hydrogens (tertiary/aromatic N) is 1. The Hall–Kier alpha value is -4.59. The van der Waals surface area contributed by atoms with Crippen molar-refractivity contribution in [1.82, 2.24) is 4.57 Å². The van der Waals surface area contributed by atoms with Gasteiger partial charge in [-0.3, -0.25) is 9.59 Å². The summed E-state index contributed by atoms with van der Waals surface area (Å²) in [6, 6.07) is 20.0. The third-order valence-corrected chi connectivity index (χ3v) is 6.37. The lowest BCUT2D eigenvalue weighted by Gasteiger charge is -2.09. The molecule has 0 aliphatic rings. The molecule has 1 heterocycles. The Morgan fingerprint density at radius 3 is 2.35 bits per heavy atom. The molecule has 0 atom stereocenters. The van der Waals surface area contributed by atoms with Crippen LogP contribution < -0.4 is 9.47 Å². The van der Waals surface area contributed by atoms with Crippen molar-refractivity contribution < 1.29 is 33.7 Å². The Morgan fingerprint density at radius 2 is 1.62 bits per heavy atom. The second kappa shape index (κ2) is 14.0. The van der Waals surface area contributed by atoms with Crippen LogP contribution >= 0.6 is 0 Å². The molecule has 2 N–H and O–H groups in total. The van der Waals surface area contributed by atoms with E-state index in [1.165, 1.54) is 6.07 Å². The van der Waals surface area contributed by atoms with Gasteiger partial charge in [0.05, 0.1) is 18.7 Å². The first-order valence-corrected chi connectivity index (χ1v) is 13.2. The van der Waals surface area contributed by atoms with Gasteiger partial charge in [0.25, 0.3) is 0 Å². The van der Waals surface area contributed by atoms with E-state index in [9.17, 15) is 19.1 Å². The summed E-state index contributed by atoms with van der Waals surface area (Å²) in [6.07, 6.45) is 7.90. The first-order chi connectivity index (χ1) is 19.4. The fourth-order valence-corrected chi connectivity index (χ4v) is 4.51. The molecule has 0 radical (unpaired) electrons. The number of rotatable bonds is 15. The largest absolute Gasteiger partial charge is 0.494 e. The van der Waals surface area contributed by atoms with E-state index in [2.05, 4.69) is 0 Å². The molecular weight excluding hydrogens is 513 g/mol. The number of unbranched alkanes of at least 4 members (excludes halogenated alkanes) is 1. The van der Waals surface area contributed by atoms with E-state index in [-0.39, 0.29) is 18.7 Å². The highest BCUT2D eigenvalue weighted by Gasteiger charge is 2.14. The van der Waals surface area contributed by atoms with Crippen molar-refractivity contribution in [2.75, 3.05) is 13.2 Å². The summed E-state index contributed by atoms with van der Waals surface area (Å²) in [5.74, 6) is -1.30. The van der Waals surface area contributed by atoms with Crippen molar-refractivity contribution in [2.24, 2.45) is 0 Å². The van der Waals surface area contributed by atoms with E-state index in [0.717, 1.165) is 40.6 Å². The minimum atomic E-state index is -0.978. The Balaban J connectivity index is 1.39. The molecule has 1 aromatic heterocycles. The van der Waals surface area contributed by atoms with Gasteiger partial charge in [-0.25, -0.2) is 4.39 Å². The lowest BCUT2D eigenvalue weighted by Crippen LogP contribution is -2.07. The van der Waals surface area contributed by atoms with Crippen LogP contribution in [0, 0.1) is 5.82 Å². The number of fused-ring (bicyclic) bond motifs is 1. The molecular formula is C32H32FNO6. The highest BCUT2D eigenvalue weighted by Crippen LogP contribution is 2.28. The minimum Gasteiger partial charge on any atom is -0.494 e. The van der Waals surface area contributed by atoms with Gasteiger partial charge in [0.2, 0.25) is 0 Å². The van der Waals surface area contributed by atoms with E-state index in [1.54, 1.807) is 29.0 Å². The molecule has 8 heteroatoms. The highest BCUT2D eigenvalue weighted by molar-refractivity contribution is 5.94. The third kappa shape index (κ3) is 7.96. The monoisotopic (exact) mass is 545 g/mol. The maximum atomic E-state index is 14.7. The van der Waals surface area contributed by atoms with Gasteiger partial charge in [0, 0.05) is 18.0 Å². The van der Waals surface area contributed by atoms with Gasteiger partial charge in [-0.15, -0.1) is 0 Å². The predicted octanol–water partition coefficient (Wildman–Crippen LogP) is 6.68. The van der Waals surface area contributed by atoms with Crippen LogP contribution in [0.2, 0.25) is 0 Å². The van der Waals surface area contributed by atoms with Crippen LogP contribution in [0.4, 0.5) is 4.39 Å². The zero-order valence-corrected chi connectivity index (χ0v) is 22.1. The lowest BCUT2D eigenvalue weighted by atomic mass is 10.0. The molecule has 40 heavy (non-hydrogen) atoms. The second-order valence-electron chi connectivity index (χ2n) is 9.41. The zero-order chi connectivity index (χ0) is 28.3. The standard InChI is InChI=1S/C32H32FNO6/c33-28-20-23(15-17-29(28)40-19-5-4-18-39-26-10-2-1-3-11-26)14-16-24-8-6-12-27-25(9-7-13-30(35)36)21-34(32(24)27)22-31(37)38/h1-3,6,8,10-12,14-17,20-21H,4-5,7,9,13,18-19,22H2,(H,35,36)(H,37,38)/b16-14+. The summed E-state index contributed by atoms with van der Waals surface area (Å²) in [5, 5.41) is 19.3. The maximum absolute atomic E-state index is 14.7. The summed E-state index contributed by atoms with van der Waals surface area (Å²) >= 11 is 0. The number of hydrogen-bond donors (Lipinski definition) is 2. The van der Waals surface area contributed by atoms with Gasteiger partial charge >= 0.3 is 11.9 Å². The van der Waals surface area contributed by atoms with E-state index in [4.69, 9.17) is 14.6 Å². The molecule has 4 rings (SSSR count). The van der Waals surface area contributed by atoms with Crippen molar-refractivity contribution in [1.29, 1.82) is 0 Å². The van der Waals surface area contributed by atoms with E-state index in [0.29, 0.717) is 31.6 Å². The number of para-hydroxylation sites is 2. The number of carboxylic acids is 2. The number of hydrogen-bond acceptors (Lipinski definition) is 4. The first-order valence-electron chi connectivity index (χ1n) is 13.2. The Bertz CT molecular complexity index is 1480. The summed E-state index contributed by atoms with van der Waals surface area (Å²) in [4.78, 5) is 22.4. The second-order valence-corrected chi connectivity index (χ2v) is 9.41. The van der Waals surface area contributed by atoms with Crippen molar-refractivity contribution in [3.63, 3.8) is 0 Å². The predicted molar refractivity (Wildman–Crippen MR) is 152 cm³/mol. The topological polar surface area (TPSA) is 98.0 Å². The number of carboxylic acid groups (broad SMARTS) is 2. The summed E-state index contributed by atoms with van der Waals surface area (Å²) in [7, 11) is 0. The Labute approximate surface area is 232 Å². The fraction of sp³-hybridized carbons (Fsp3) is 0.250. The number of aryl methyl sites for hydroxylation is 1. The van der Waals surface area contributed by atoms with Crippen LogP contribution in [-0.2, 0) is 22.6 Å². The van der Waals surface area contributed by atoms with Gasteiger partial charge in [0.1, 0.15) is 12.3 Å². The number of benzene rings is 3. The number of carbonyl (C=O) groups is 2. The molecule has 0 saturated carbocycles. The average molecular weight is 546 g/mol. The summed E-state index contributed by atoms with van der Waals surface area (Å²) in [5.41, 5.74) is 3.05. The number of aromatic nitrogens is 1. The molecule has 4 aromatic rings. The smallest absolute Gasteiger partial charge is 0.323 e. The molecule has 0 saturated heterocycles. The molecule has 0 amide bonds. The van der Waals surface area contributed by atoms with Crippen LogP contribution in [0.3, 0.4) is 0 Å². The molecule has 0 unspecified atom stereocenters. The molecule has 0 bridgehead atoms. The van der Waals surface area contributed by atoms with Crippen LogP contribution in [0.15, 0.2) is 72.9 Å². The van der Waals surface area contributed by atoms with E-state index < -0.39 is 17.8 Å². The van der Waals surface area contributed by atoms with Gasteiger partial charge in [-0.1, -0.05) is 54.6 Å². The van der Waals surface area contributed by atoms with Crippen molar-refractivity contribution in [3.8, 4) is 11.5 Å². The van der Waals surface area contributed by atoms with Crippen LogP contribution in [0.25, 0.3) is 23.1 Å². The quantitative estimate of drug-likeness (QED) is 0.128. The minimum absolute atomic E-state index is 0.0408. The van der Waals surface area contributed by atoms with Crippen LogP contribution in [0.5, 0.6) is 11.5 Å². The number of ether oxygens (including phenoxy) is 2. The highest BCUT2D eigenvalue weighted by atomic mass is 19.1. The number of halogens is 1. The van der Waals surface area contributed by atoms with E-state index in [1.807, 2.05) is 54.6 Å².